The summed E-state index contributed by atoms with van der Waals surface area (Å²) < 4.78 is 3.12. The molecule has 0 spiro atoms. The van der Waals surface area contributed by atoms with E-state index >= 15 is 0 Å². The Morgan fingerprint density at radius 1 is 1.42 bits per heavy atom. The molecule has 0 N–H and O–H groups in total. The van der Waals surface area contributed by atoms with Crippen molar-refractivity contribution in [2.45, 2.75) is 0 Å². The number of nitrogens with zero attached hydrogens (tertiary/aromatic N) is 3. The van der Waals surface area contributed by atoms with Gasteiger partial charge in [0.1, 0.15) is 4.60 Å². The predicted molar refractivity (Wildman–Crippen MR) is 53.4 cm³/mol. The van der Waals surface area contributed by atoms with Gasteiger partial charge in [-0.3, -0.25) is 0 Å². The molecule has 0 amide bonds. The predicted octanol–water partition coefficient (Wildman–Crippen LogP) is 2.91. The molecule has 2 heterocycles. The van der Waals surface area contributed by atoms with E-state index in [4.69, 9.17) is 11.6 Å². The van der Waals surface area contributed by atoms with Gasteiger partial charge in [0.15, 0.2) is 10.8 Å². The molecule has 2 aromatic heterocycles. The largest absolute Gasteiger partial charge is 0.233 e. The van der Waals surface area contributed by atoms with Crippen molar-refractivity contribution in [2.24, 2.45) is 0 Å². The third-order valence-electron chi connectivity index (χ3n) is 1.35. The minimum absolute atomic E-state index is 0.493. The van der Waals surface area contributed by atoms with Gasteiger partial charge in [0, 0.05) is 0 Å². The molecular formula is C6H2Br2ClN3. The summed E-state index contributed by atoms with van der Waals surface area (Å²) in [6, 6.07) is 1.82. The number of halogens is 3. The van der Waals surface area contributed by atoms with Gasteiger partial charge in [0.25, 0.3) is 0 Å². The summed E-state index contributed by atoms with van der Waals surface area (Å²) in [6.45, 7) is 0. The van der Waals surface area contributed by atoms with E-state index in [0.717, 1.165) is 4.47 Å². The summed E-state index contributed by atoms with van der Waals surface area (Å²) in [6.07, 6.45) is 1.56. The first-order valence-corrected chi connectivity index (χ1v) is 5.00. The van der Waals surface area contributed by atoms with Crippen LogP contribution in [0.3, 0.4) is 0 Å². The first-order chi connectivity index (χ1) is 5.68. The van der Waals surface area contributed by atoms with E-state index in [0.29, 0.717) is 15.4 Å². The Bertz CT molecular complexity index is 440. The highest BCUT2D eigenvalue weighted by molar-refractivity contribution is 9.11. The maximum Gasteiger partial charge on any atom is 0.169 e. The van der Waals surface area contributed by atoms with E-state index in [1.165, 1.54) is 0 Å². The van der Waals surface area contributed by atoms with Crippen LogP contribution < -0.4 is 0 Å². The minimum atomic E-state index is 0.493. The molecule has 0 aromatic carbocycles. The highest BCUT2D eigenvalue weighted by Gasteiger charge is 2.06. The zero-order valence-corrected chi connectivity index (χ0v) is 9.56. The highest BCUT2D eigenvalue weighted by Crippen LogP contribution is 2.22. The molecule has 0 bridgehead atoms. The van der Waals surface area contributed by atoms with Crippen LogP contribution in [0.4, 0.5) is 0 Å². The normalized spacial score (nSPS) is 10.9. The molecule has 3 nitrogen and oxygen atoms in total. The van der Waals surface area contributed by atoms with Crippen molar-refractivity contribution in [3.05, 3.63) is 26.5 Å². The minimum Gasteiger partial charge on any atom is -0.233 e. The van der Waals surface area contributed by atoms with E-state index < -0.39 is 0 Å². The first-order valence-electron chi connectivity index (χ1n) is 3.04. The molecular weight excluding hydrogens is 309 g/mol. The number of hydrogen-bond acceptors (Lipinski definition) is 2. The van der Waals surface area contributed by atoms with E-state index in [1.807, 2.05) is 6.07 Å². The molecule has 0 saturated carbocycles. The van der Waals surface area contributed by atoms with Crippen LogP contribution in [0.15, 0.2) is 21.3 Å². The number of hydrogen-bond donors (Lipinski definition) is 0. The lowest BCUT2D eigenvalue weighted by molar-refractivity contribution is 0.913. The fourth-order valence-corrected chi connectivity index (χ4v) is 2.22. The van der Waals surface area contributed by atoms with Crippen LogP contribution in [0, 0.1) is 0 Å². The summed E-state index contributed by atoms with van der Waals surface area (Å²) in [5.41, 5.74) is 0.711. The fourth-order valence-electron chi connectivity index (χ4n) is 0.876. The maximum atomic E-state index is 5.81. The summed E-state index contributed by atoms with van der Waals surface area (Å²) >= 11 is 12.4. The summed E-state index contributed by atoms with van der Waals surface area (Å²) in [7, 11) is 0. The van der Waals surface area contributed by atoms with Crippen molar-refractivity contribution >= 4 is 49.1 Å². The van der Waals surface area contributed by atoms with Gasteiger partial charge in [0.2, 0.25) is 0 Å². The van der Waals surface area contributed by atoms with Gasteiger partial charge in [-0.2, -0.15) is 5.10 Å². The molecule has 2 aromatic rings. The Hall–Kier alpha value is -0.130. The zero-order chi connectivity index (χ0) is 8.72. The maximum absolute atomic E-state index is 5.81. The summed E-state index contributed by atoms with van der Waals surface area (Å²) in [5, 5.41) is 4.60. The van der Waals surface area contributed by atoms with Crippen molar-refractivity contribution in [3.63, 3.8) is 0 Å². The molecule has 0 aliphatic carbocycles. The van der Waals surface area contributed by atoms with Crippen LogP contribution in [0.25, 0.3) is 5.65 Å². The van der Waals surface area contributed by atoms with Crippen LogP contribution in [-0.2, 0) is 0 Å². The SMILES string of the molecule is Clc1cnc2c(Br)cc(Br)nn12. The molecule has 6 heteroatoms. The molecule has 0 fully saturated rings. The molecule has 0 unspecified atom stereocenters. The lowest BCUT2D eigenvalue weighted by atomic mass is 10.6. The third kappa shape index (κ3) is 1.26. The van der Waals surface area contributed by atoms with Crippen molar-refractivity contribution in [2.75, 3.05) is 0 Å². The smallest absolute Gasteiger partial charge is 0.169 e. The number of aromatic nitrogens is 3. The quantitative estimate of drug-likeness (QED) is 0.749. The van der Waals surface area contributed by atoms with Crippen LogP contribution in [0.1, 0.15) is 0 Å². The van der Waals surface area contributed by atoms with Crippen LogP contribution in [0.2, 0.25) is 5.15 Å². The summed E-state index contributed by atoms with van der Waals surface area (Å²) in [5.74, 6) is 0. The zero-order valence-electron chi connectivity index (χ0n) is 5.63. The van der Waals surface area contributed by atoms with E-state index in [2.05, 4.69) is 41.9 Å². The van der Waals surface area contributed by atoms with E-state index in [1.54, 1.807) is 10.7 Å². The third-order valence-corrected chi connectivity index (χ3v) is 2.58. The molecule has 62 valence electrons. The number of fused-ring (bicyclic) bond motifs is 1. The standard InChI is InChI=1S/C6H2Br2ClN3/c7-3-1-4(8)11-12-5(9)2-10-6(3)12/h1-2H. The monoisotopic (exact) mass is 309 g/mol. The Labute approximate surface area is 90.0 Å². The van der Waals surface area contributed by atoms with Gasteiger partial charge in [-0.05, 0) is 37.9 Å². The van der Waals surface area contributed by atoms with Gasteiger partial charge in [-0.1, -0.05) is 11.6 Å². The second-order valence-corrected chi connectivity index (χ2v) is 4.19. The van der Waals surface area contributed by atoms with Crippen LogP contribution in [-0.4, -0.2) is 14.6 Å². The van der Waals surface area contributed by atoms with E-state index in [9.17, 15) is 0 Å². The highest BCUT2D eigenvalue weighted by atomic mass is 79.9. The Morgan fingerprint density at radius 2 is 2.17 bits per heavy atom. The summed E-state index contributed by atoms with van der Waals surface area (Å²) in [4.78, 5) is 4.06. The average Bonchev–Trinajstić information content (AvgIpc) is 2.33. The Balaban J connectivity index is 2.92. The fraction of sp³-hybridized carbons (Fsp3) is 0. The van der Waals surface area contributed by atoms with Crippen LogP contribution >= 0.6 is 43.5 Å². The van der Waals surface area contributed by atoms with Gasteiger partial charge in [-0.15, -0.1) is 0 Å². The van der Waals surface area contributed by atoms with Crippen molar-refractivity contribution in [3.8, 4) is 0 Å². The Morgan fingerprint density at radius 3 is 2.92 bits per heavy atom. The molecule has 0 aliphatic rings. The topological polar surface area (TPSA) is 30.2 Å². The van der Waals surface area contributed by atoms with Crippen molar-refractivity contribution in [1.29, 1.82) is 0 Å². The van der Waals surface area contributed by atoms with Gasteiger partial charge in [0.05, 0.1) is 10.7 Å². The lowest BCUT2D eigenvalue weighted by Crippen LogP contribution is -1.92. The number of rotatable bonds is 0. The molecule has 12 heavy (non-hydrogen) atoms. The second kappa shape index (κ2) is 2.97. The molecule has 0 aliphatic heterocycles. The van der Waals surface area contributed by atoms with Crippen LogP contribution in [0.5, 0.6) is 0 Å². The Kier molecular flexibility index (Phi) is 2.10. The van der Waals surface area contributed by atoms with Gasteiger partial charge < -0.3 is 0 Å². The van der Waals surface area contributed by atoms with Gasteiger partial charge >= 0.3 is 0 Å². The van der Waals surface area contributed by atoms with E-state index in [-0.39, 0.29) is 0 Å². The second-order valence-electron chi connectivity index (χ2n) is 2.13. The van der Waals surface area contributed by atoms with Crippen molar-refractivity contribution < 1.29 is 0 Å². The first kappa shape index (κ1) is 8.47. The van der Waals surface area contributed by atoms with Gasteiger partial charge in [-0.25, -0.2) is 9.50 Å². The van der Waals surface area contributed by atoms with Crippen molar-refractivity contribution in [1.82, 2.24) is 14.6 Å². The average molecular weight is 311 g/mol. The lowest BCUT2D eigenvalue weighted by Gasteiger charge is -1.96. The molecule has 0 atom stereocenters. The number of imidazole rings is 1. The molecule has 2 rings (SSSR count). The molecule has 0 radical (unpaired) electrons. The molecule has 0 saturated heterocycles.